The molecule has 2 nitrogen and oxygen atoms in total. The maximum atomic E-state index is 3.40. The molecule has 0 fully saturated rings. The molecule has 66 valence electrons. The molecule has 2 heteroatoms. The van der Waals surface area contributed by atoms with Crippen molar-refractivity contribution in [3.63, 3.8) is 0 Å². The molecule has 0 spiro atoms. The molecule has 0 amide bonds. The number of rotatable bonds is 0. The van der Waals surface area contributed by atoms with Crippen molar-refractivity contribution in [2.75, 3.05) is 11.9 Å². The van der Waals surface area contributed by atoms with Gasteiger partial charge >= 0.3 is 0 Å². The van der Waals surface area contributed by atoms with Gasteiger partial charge in [-0.3, -0.25) is 0 Å². The molecule has 0 radical (unpaired) electrons. The van der Waals surface area contributed by atoms with Crippen LogP contribution in [0.5, 0.6) is 0 Å². The van der Waals surface area contributed by atoms with Crippen LogP contribution >= 0.6 is 0 Å². The molecule has 2 heterocycles. The average molecular weight is 172 g/mol. The second-order valence-corrected chi connectivity index (χ2v) is 3.67. The van der Waals surface area contributed by atoms with Gasteiger partial charge in [-0.25, -0.2) is 0 Å². The Bertz CT molecular complexity index is 468. The van der Waals surface area contributed by atoms with Gasteiger partial charge < -0.3 is 9.88 Å². The number of aryl methyl sites for hydroxylation is 1. The predicted molar refractivity (Wildman–Crippen MR) is 55.1 cm³/mol. The van der Waals surface area contributed by atoms with Gasteiger partial charge in [-0.2, -0.15) is 0 Å². The number of anilines is 1. The zero-order chi connectivity index (χ0) is 8.84. The van der Waals surface area contributed by atoms with Crippen LogP contribution < -0.4 is 5.32 Å². The zero-order valence-corrected chi connectivity index (χ0v) is 7.67. The Morgan fingerprint density at radius 2 is 2.31 bits per heavy atom. The van der Waals surface area contributed by atoms with Crippen molar-refractivity contribution >= 4 is 16.6 Å². The van der Waals surface area contributed by atoms with Crippen LogP contribution in [0.25, 0.3) is 10.9 Å². The summed E-state index contributed by atoms with van der Waals surface area (Å²) in [6.45, 7) is 1.09. The number of benzene rings is 1. The lowest BCUT2D eigenvalue weighted by Gasteiger charge is -2.01. The Morgan fingerprint density at radius 1 is 1.38 bits per heavy atom. The van der Waals surface area contributed by atoms with E-state index < -0.39 is 0 Å². The van der Waals surface area contributed by atoms with E-state index in [0.717, 1.165) is 6.54 Å². The minimum absolute atomic E-state index is 1.09. The summed E-state index contributed by atoms with van der Waals surface area (Å²) in [7, 11) is 2.09. The van der Waals surface area contributed by atoms with E-state index in [9.17, 15) is 0 Å². The van der Waals surface area contributed by atoms with Crippen LogP contribution in [0.3, 0.4) is 0 Å². The van der Waals surface area contributed by atoms with E-state index in [1.165, 1.54) is 28.6 Å². The quantitative estimate of drug-likeness (QED) is 0.644. The molecule has 1 aromatic heterocycles. The lowest BCUT2D eigenvalue weighted by atomic mass is 10.1. The molecule has 3 rings (SSSR count). The van der Waals surface area contributed by atoms with Crippen molar-refractivity contribution in [3.05, 3.63) is 30.0 Å². The summed E-state index contributed by atoms with van der Waals surface area (Å²) in [5, 5.41) is 4.75. The van der Waals surface area contributed by atoms with Crippen molar-refractivity contribution in [1.82, 2.24) is 4.57 Å². The van der Waals surface area contributed by atoms with Crippen molar-refractivity contribution in [2.45, 2.75) is 6.42 Å². The fourth-order valence-corrected chi connectivity index (χ4v) is 2.07. The summed E-state index contributed by atoms with van der Waals surface area (Å²) in [5.41, 5.74) is 4.08. The molecule has 0 aliphatic carbocycles. The summed E-state index contributed by atoms with van der Waals surface area (Å²) in [5.74, 6) is 0. The van der Waals surface area contributed by atoms with E-state index in [1.807, 2.05) is 0 Å². The Balaban J connectivity index is 2.38. The first kappa shape index (κ1) is 7.01. The van der Waals surface area contributed by atoms with Crippen molar-refractivity contribution < 1.29 is 0 Å². The lowest BCUT2D eigenvalue weighted by Crippen LogP contribution is -1.91. The van der Waals surface area contributed by atoms with Gasteiger partial charge in [0.1, 0.15) is 0 Å². The van der Waals surface area contributed by atoms with E-state index in [0.29, 0.717) is 0 Å². The van der Waals surface area contributed by atoms with Crippen LogP contribution in [0.2, 0.25) is 0 Å². The van der Waals surface area contributed by atoms with Gasteiger partial charge in [0.15, 0.2) is 0 Å². The van der Waals surface area contributed by atoms with Crippen LogP contribution in [-0.4, -0.2) is 11.1 Å². The first-order chi connectivity index (χ1) is 6.34. The largest absolute Gasteiger partial charge is 0.384 e. The third-order valence-corrected chi connectivity index (χ3v) is 2.82. The van der Waals surface area contributed by atoms with Crippen LogP contribution in [0.1, 0.15) is 5.56 Å². The highest BCUT2D eigenvalue weighted by atomic mass is 14.9. The maximum absolute atomic E-state index is 3.40. The molecular formula is C11H12N2. The Labute approximate surface area is 77.2 Å². The normalized spacial score (nSPS) is 14.5. The van der Waals surface area contributed by atoms with Crippen molar-refractivity contribution in [2.24, 2.45) is 7.05 Å². The fraction of sp³-hybridized carbons (Fsp3) is 0.273. The fourth-order valence-electron chi connectivity index (χ4n) is 2.07. The molecule has 0 saturated heterocycles. The molecule has 1 N–H and O–H groups in total. The van der Waals surface area contributed by atoms with Crippen molar-refractivity contribution in [3.8, 4) is 0 Å². The van der Waals surface area contributed by atoms with E-state index in [2.05, 4.69) is 41.3 Å². The standard InChI is InChI=1S/C11H12N2/c1-13-5-3-9-6-8-2-4-12-10(8)7-11(9)13/h3,5-7,12H,2,4H2,1H3. The number of aromatic nitrogens is 1. The summed E-state index contributed by atoms with van der Waals surface area (Å²) in [6, 6.07) is 6.72. The lowest BCUT2D eigenvalue weighted by molar-refractivity contribution is 0.969. The molecule has 13 heavy (non-hydrogen) atoms. The Hall–Kier alpha value is -1.44. The molecule has 0 saturated carbocycles. The van der Waals surface area contributed by atoms with E-state index in [4.69, 9.17) is 0 Å². The van der Waals surface area contributed by atoms with Gasteiger partial charge in [-0.15, -0.1) is 0 Å². The van der Waals surface area contributed by atoms with Gasteiger partial charge in [-0.1, -0.05) is 0 Å². The highest BCUT2D eigenvalue weighted by Gasteiger charge is 2.11. The number of fused-ring (bicyclic) bond motifs is 2. The monoisotopic (exact) mass is 172 g/mol. The van der Waals surface area contributed by atoms with Crippen LogP contribution in [-0.2, 0) is 13.5 Å². The van der Waals surface area contributed by atoms with Crippen molar-refractivity contribution in [1.29, 1.82) is 0 Å². The molecule has 1 aliphatic heterocycles. The van der Waals surface area contributed by atoms with E-state index >= 15 is 0 Å². The van der Waals surface area contributed by atoms with Crippen LogP contribution in [0, 0.1) is 0 Å². The molecule has 1 aromatic carbocycles. The second-order valence-electron chi connectivity index (χ2n) is 3.67. The minimum atomic E-state index is 1.09. The molecule has 0 unspecified atom stereocenters. The molecule has 1 aliphatic rings. The molecule has 2 aromatic rings. The van der Waals surface area contributed by atoms with Crippen LogP contribution in [0.15, 0.2) is 24.4 Å². The van der Waals surface area contributed by atoms with E-state index in [1.54, 1.807) is 0 Å². The van der Waals surface area contributed by atoms with Crippen LogP contribution in [0.4, 0.5) is 5.69 Å². The van der Waals surface area contributed by atoms with Gasteiger partial charge in [0, 0.05) is 31.0 Å². The molecular weight excluding hydrogens is 160 g/mol. The molecule has 0 bridgehead atoms. The SMILES string of the molecule is Cn1ccc2cc3c(cc21)NCC3. The highest BCUT2D eigenvalue weighted by Crippen LogP contribution is 2.28. The third-order valence-electron chi connectivity index (χ3n) is 2.82. The smallest absolute Gasteiger partial charge is 0.0498 e. The minimum Gasteiger partial charge on any atom is -0.384 e. The first-order valence-corrected chi connectivity index (χ1v) is 4.66. The first-order valence-electron chi connectivity index (χ1n) is 4.66. The summed E-state index contributed by atoms with van der Waals surface area (Å²) in [6.07, 6.45) is 3.28. The van der Waals surface area contributed by atoms with Gasteiger partial charge in [0.25, 0.3) is 0 Å². The van der Waals surface area contributed by atoms with Gasteiger partial charge in [-0.05, 0) is 35.6 Å². The van der Waals surface area contributed by atoms with Gasteiger partial charge in [0.2, 0.25) is 0 Å². The number of hydrogen-bond donors (Lipinski definition) is 1. The Kier molecular flexibility index (Phi) is 1.23. The highest BCUT2D eigenvalue weighted by molar-refractivity contribution is 5.86. The number of hydrogen-bond acceptors (Lipinski definition) is 1. The summed E-state index contributed by atoms with van der Waals surface area (Å²) < 4.78 is 2.16. The van der Waals surface area contributed by atoms with E-state index in [-0.39, 0.29) is 0 Å². The average Bonchev–Trinajstić information content (AvgIpc) is 2.70. The second kappa shape index (κ2) is 2.28. The summed E-state index contributed by atoms with van der Waals surface area (Å²) in [4.78, 5) is 0. The predicted octanol–water partition coefficient (Wildman–Crippen LogP) is 2.15. The summed E-state index contributed by atoms with van der Waals surface area (Å²) >= 11 is 0. The maximum Gasteiger partial charge on any atom is 0.0498 e. The third kappa shape index (κ3) is 0.886. The molecule has 0 atom stereocenters. The number of nitrogens with zero attached hydrogens (tertiary/aromatic N) is 1. The number of nitrogens with one attached hydrogen (secondary N) is 1. The zero-order valence-electron chi connectivity index (χ0n) is 7.67. The Morgan fingerprint density at radius 3 is 3.23 bits per heavy atom. The topological polar surface area (TPSA) is 17.0 Å². The van der Waals surface area contributed by atoms with Gasteiger partial charge in [0.05, 0.1) is 0 Å².